The molecule has 6 nitrogen and oxygen atoms in total. The molecule has 1 aromatic carbocycles. The number of guanidine groups is 1. The quantitative estimate of drug-likeness (QED) is 0.239. The minimum absolute atomic E-state index is 0.477. The first-order valence-electron chi connectivity index (χ1n) is 9.77. The smallest absolute Gasteiger partial charge is 0.191 e. The number of hydrogen-bond donors (Lipinski definition) is 2. The van der Waals surface area contributed by atoms with Crippen molar-refractivity contribution in [1.82, 2.24) is 10.6 Å². The monoisotopic (exact) mass is 385 g/mol. The molecule has 0 aliphatic rings. The van der Waals surface area contributed by atoms with Crippen LogP contribution in [0.2, 0.25) is 0 Å². The van der Waals surface area contributed by atoms with Crippen LogP contribution in [0.3, 0.4) is 0 Å². The third kappa shape index (κ3) is 8.31. The Balaban J connectivity index is 1.92. The lowest BCUT2D eigenvalue weighted by Crippen LogP contribution is -2.39. The molecule has 0 saturated carbocycles. The molecule has 1 aromatic heterocycles. The SMILES string of the molecule is C=CCOc1ccccc1CN=C(NCCCOCC)NCCc1ccco1. The number of furan rings is 1. The topological polar surface area (TPSA) is 68.0 Å². The summed E-state index contributed by atoms with van der Waals surface area (Å²) < 4.78 is 16.5. The summed E-state index contributed by atoms with van der Waals surface area (Å²) in [7, 11) is 0. The summed E-state index contributed by atoms with van der Waals surface area (Å²) in [5.41, 5.74) is 1.03. The number of hydrogen-bond acceptors (Lipinski definition) is 4. The average molecular weight is 386 g/mol. The van der Waals surface area contributed by atoms with E-state index in [-0.39, 0.29) is 0 Å². The van der Waals surface area contributed by atoms with Gasteiger partial charge in [0.1, 0.15) is 18.1 Å². The molecule has 0 unspecified atom stereocenters. The second-order valence-corrected chi connectivity index (χ2v) is 6.11. The lowest BCUT2D eigenvalue weighted by molar-refractivity contribution is 0.145. The minimum Gasteiger partial charge on any atom is -0.489 e. The normalized spacial score (nSPS) is 11.2. The molecule has 28 heavy (non-hydrogen) atoms. The summed E-state index contributed by atoms with van der Waals surface area (Å²) in [5.74, 6) is 2.55. The molecule has 0 radical (unpaired) electrons. The second kappa shape index (κ2) is 13.4. The fourth-order valence-corrected chi connectivity index (χ4v) is 2.55. The van der Waals surface area contributed by atoms with Crippen molar-refractivity contribution >= 4 is 5.96 Å². The maximum Gasteiger partial charge on any atom is 0.191 e. The van der Waals surface area contributed by atoms with E-state index >= 15 is 0 Å². The number of nitrogens with zero attached hydrogens (tertiary/aromatic N) is 1. The van der Waals surface area contributed by atoms with E-state index in [4.69, 9.17) is 18.9 Å². The highest BCUT2D eigenvalue weighted by molar-refractivity contribution is 5.79. The van der Waals surface area contributed by atoms with Crippen molar-refractivity contribution in [3.05, 3.63) is 66.6 Å². The van der Waals surface area contributed by atoms with Gasteiger partial charge in [-0.15, -0.1) is 0 Å². The van der Waals surface area contributed by atoms with Crippen LogP contribution >= 0.6 is 0 Å². The van der Waals surface area contributed by atoms with Crippen LogP contribution < -0.4 is 15.4 Å². The summed E-state index contributed by atoms with van der Waals surface area (Å²) >= 11 is 0. The van der Waals surface area contributed by atoms with Gasteiger partial charge in [0.05, 0.1) is 12.8 Å². The standard InChI is InChI=1S/C22H31N3O3/c1-3-15-28-21-11-6-5-9-19(21)18-25-22(23-13-8-16-26-4-2)24-14-12-20-10-7-17-27-20/h3,5-7,9-11,17H,1,4,8,12-16,18H2,2H3,(H2,23,24,25). The largest absolute Gasteiger partial charge is 0.489 e. The average Bonchev–Trinajstić information content (AvgIpc) is 3.24. The summed E-state index contributed by atoms with van der Waals surface area (Å²) in [6, 6.07) is 11.8. The van der Waals surface area contributed by atoms with Crippen LogP contribution in [-0.4, -0.2) is 38.9 Å². The predicted octanol–water partition coefficient (Wildman–Crippen LogP) is 3.55. The van der Waals surface area contributed by atoms with Crippen LogP contribution in [0.4, 0.5) is 0 Å². The van der Waals surface area contributed by atoms with E-state index in [0.29, 0.717) is 13.2 Å². The Morgan fingerprint density at radius 3 is 2.82 bits per heavy atom. The Kier molecular flexibility index (Phi) is 10.4. The molecule has 0 aliphatic heterocycles. The molecule has 2 aromatic rings. The van der Waals surface area contributed by atoms with E-state index in [1.165, 1.54) is 0 Å². The molecule has 0 amide bonds. The third-order valence-electron chi connectivity index (χ3n) is 3.94. The van der Waals surface area contributed by atoms with Gasteiger partial charge in [0.15, 0.2) is 5.96 Å². The molecule has 152 valence electrons. The summed E-state index contributed by atoms with van der Waals surface area (Å²) in [4.78, 5) is 4.72. The maximum absolute atomic E-state index is 5.72. The van der Waals surface area contributed by atoms with Crippen LogP contribution in [0.25, 0.3) is 0 Å². The first kappa shape index (κ1) is 21.6. The molecule has 1 heterocycles. The Bertz CT molecular complexity index is 699. The summed E-state index contributed by atoms with van der Waals surface area (Å²) in [6.45, 7) is 9.71. The minimum atomic E-state index is 0.477. The predicted molar refractivity (Wildman–Crippen MR) is 113 cm³/mol. The molecule has 0 bridgehead atoms. The van der Waals surface area contributed by atoms with Crippen molar-refractivity contribution in [2.75, 3.05) is 32.9 Å². The Hall–Kier alpha value is -2.73. The van der Waals surface area contributed by atoms with E-state index in [0.717, 1.165) is 62.2 Å². The Morgan fingerprint density at radius 2 is 2.04 bits per heavy atom. The third-order valence-corrected chi connectivity index (χ3v) is 3.94. The van der Waals surface area contributed by atoms with Gasteiger partial charge in [0.25, 0.3) is 0 Å². The number of ether oxygens (including phenoxy) is 2. The van der Waals surface area contributed by atoms with Gasteiger partial charge in [-0.1, -0.05) is 30.9 Å². The van der Waals surface area contributed by atoms with Gasteiger partial charge in [-0.25, -0.2) is 4.99 Å². The molecule has 0 spiro atoms. The highest BCUT2D eigenvalue weighted by Gasteiger charge is 2.04. The molecular formula is C22H31N3O3. The zero-order valence-corrected chi connectivity index (χ0v) is 16.7. The first-order chi connectivity index (χ1) is 13.8. The Morgan fingerprint density at radius 1 is 1.18 bits per heavy atom. The molecular weight excluding hydrogens is 354 g/mol. The van der Waals surface area contributed by atoms with E-state index in [1.54, 1.807) is 12.3 Å². The van der Waals surface area contributed by atoms with Gasteiger partial charge in [0.2, 0.25) is 0 Å². The van der Waals surface area contributed by atoms with E-state index in [1.807, 2.05) is 43.3 Å². The highest BCUT2D eigenvalue weighted by atomic mass is 16.5. The van der Waals surface area contributed by atoms with Crippen LogP contribution in [0.5, 0.6) is 5.75 Å². The molecule has 2 rings (SSSR count). The lowest BCUT2D eigenvalue weighted by atomic mass is 10.2. The van der Waals surface area contributed by atoms with E-state index in [9.17, 15) is 0 Å². The van der Waals surface area contributed by atoms with Crippen LogP contribution in [-0.2, 0) is 17.7 Å². The second-order valence-electron chi connectivity index (χ2n) is 6.11. The van der Waals surface area contributed by atoms with Crippen molar-refractivity contribution in [1.29, 1.82) is 0 Å². The van der Waals surface area contributed by atoms with Gasteiger partial charge < -0.3 is 24.5 Å². The van der Waals surface area contributed by atoms with Crippen molar-refractivity contribution in [3.63, 3.8) is 0 Å². The number of para-hydroxylation sites is 1. The van der Waals surface area contributed by atoms with Gasteiger partial charge in [-0.3, -0.25) is 0 Å². The number of nitrogens with one attached hydrogen (secondary N) is 2. The molecule has 6 heteroatoms. The maximum atomic E-state index is 5.72. The van der Waals surface area contributed by atoms with E-state index < -0.39 is 0 Å². The zero-order chi connectivity index (χ0) is 19.9. The van der Waals surface area contributed by atoms with Gasteiger partial charge in [0, 0.05) is 38.3 Å². The van der Waals surface area contributed by atoms with Gasteiger partial charge in [-0.2, -0.15) is 0 Å². The fraction of sp³-hybridized carbons (Fsp3) is 0.409. The van der Waals surface area contributed by atoms with Crippen LogP contribution in [0.1, 0.15) is 24.7 Å². The van der Waals surface area contributed by atoms with Gasteiger partial charge in [-0.05, 0) is 31.5 Å². The summed E-state index contributed by atoms with van der Waals surface area (Å²) in [5, 5.41) is 6.73. The zero-order valence-electron chi connectivity index (χ0n) is 16.7. The first-order valence-corrected chi connectivity index (χ1v) is 9.77. The van der Waals surface area contributed by atoms with Crippen LogP contribution in [0.15, 0.2) is 64.7 Å². The van der Waals surface area contributed by atoms with Crippen molar-refractivity contribution < 1.29 is 13.9 Å². The number of rotatable bonds is 13. The van der Waals surface area contributed by atoms with Crippen molar-refractivity contribution in [2.45, 2.75) is 26.3 Å². The summed E-state index contributed by atoms with van der Waals surface area (Å²) in [6.07, 6.45) is 5.15. The molecule has 0 fully saturated rings. The lowest BCUT2D eigenvalue weighted by Gasteiger charge is -2.13. The molecule has 0 saturated heterocycles. The van der Waals surface area contributed by atoms with Gasteiger partial charge >= 0.3 is 0 Å². The van der Waals surface area contributed by atoms with Crippen molar-refractivity contribution in [2.24, 2.45) is 4.99 Å². The molecule has 2 N–H and O–H groups in total. The molecule has 0 aliphatic carbocycles. The number of aliphatic imine (C=N–C) groups is 1. The van der Waals surface area contributed by atoms with E-state index in [2.05, 4.69) is 17.2 Å². The van der Waals surface area contributed by atoms with Crippen LogP contribution in [0, 0.1) is 0 Å². The molecule has 0 atom stereocenters. The Labute approximate surface area is 167 Å². The fourth-order valence-electron chi connectivity index (χ4n) is 2.55. The highest BCUT2D eigenvalue weighted by Crippen LogP contribution is 2.18. The van der Waals surface area contributed by atoms with Crippen molar-refractivity contribution in [3.8, 4) is 5.75 Å². The number of benzene rings is 1.